The van der Waals surface area contributed by atoms with Crippen LogP contribution in [0.4, 0.5) is 0 Å². The van der Waals surface area contributed by atoms with E-state index in [0.717, 1.165) is 17.1 Å². The van der Waals surface area contributed by atoms with Crippen LogP contribution >= 0.6 is 0 Å². The molecule has 2 aromatic heterocycles. The molecule has 0 aliphatic carbocycles. The molecule has 0 fully saturated rings. The van der Waals surface area contributed by atoms with Crippen LogP contribution in [0.2, 0.25) is 0 Å². The van der Waals surface area contributed by atoms with Crippen LogP contribution in [0.3, 0.4) is 0 Å². The Kier molecular flexibility index (Phi) is 3.50. The molecule has 0 saturated heterocycles. The lowest BCUT2D eigenvalue weighted by molar-refractivity contribution is 0.0701. The Morgan fingerprint density at radius 2 is 2.05 bits per heavy atom. The summed E-state index contributed by atoms with van der Waals surface area (Å²) in [6, 6.07) is 3.55. The van der Waals surface area contributed by atoms with Gasteiger partial charge < -0.3 is 14.5 Å². The van der Waals surface area contributed by atoms with E-state index in [4.69, 9.17) is 5.21 Å². The first-order chi connectivity index (χ1) is 10.5. The topological polar surface area (TPSA) is 90.4 Å². The maximum absolute atomic E-state index is 12.6. The molecule has 2 aromatic rings. The van der Waals surface area contributed by atoms with Gasteiger partial charge in [-0.3, -0.25) is 14.8 Å². The fourth-order valence-electron chi connectivity index (χ4n) is 2.88. The largest absolute Gasteiger partial charge is 0.362 e. The summed E-state index contributed by atoms with van der Waals surface area (Å²) in [6.07, 6.45) is 1.69. The fraction of sp³-hybridized carbons (Fsp3) is 0.333. The number of fused-ring (bicyclic) bond motifs is 1. The molecule has 0 spiro atoms. The Balaban J connectivity index is 1.82. The number of hydroxylamine groups is 1. The molecule has 7 nitrogen and oxygen atoms in total. The molecule has 22 heavy (non-hydrogen) atoms. The van der Waals surface area contributed by atoms with Crippen LogP contribution in [0.1, 0.15) is 37.8 Å². The number of amides is 2. The molecule has 0 unspecified atom stereocenters. The van der Waals surface area contributed by atoms with Gasteiger partial charge >= 0.3 is 0 Å². The lowest BCUT2D eigenvalue weighted by Gasteiger charge is -2.28. The Labute approximate surface area is 127 Å². The highest BCUT2D eigenvalue weighted by atomic mass is 16.5. The van der Waals surface area contributed by atoms with Gasteiger partial charge in [0.25, 0.3) is 11.8 Å². The summed E-state index contributed by atoms with van der Waals surface area (Å²) >= 11 is 0. The number of aromatic amines is 1. The van der Waals surface area contributed by atoms with Crippen LogP contribution in [0, 0.1) is 13.8 Å². The number of nitrogens with zero attached hydrogens (tertiary/aromatic N) is 2. The maximum Gasteiger partial charge on any atom is 0.276 e. The van der Waals surface area contributed by atoms with E-state index in [1.165, 1.54) is 0 Å². The first-order valence-electron chi connectivity index (χ1n) is 7.08. The number of aryl methyl sites for hydroxylation is 2. The number of rotatable bonds is 2. The van der Waals surface area contributed by atoms with Crippen molar-refractivity contribution in [1.29, 1.82) is 0 Å². The molecule has 3 N–H and O–H groups in total. The monoisotopic (exact) mass is 302 g/mol. The fourth-order valence-corrected chi connectivity index (χ4v) is 2.88. The van der Waals surface area contributed by atoms with Crippen molar-refractivity contribution in [3.05, 3.63) is 46.5 Å². The molecule has 3 rings (SSSR count). The number of carbonyl (C=O) groups is 2. The van der Waals surface area contributed by atoms with Crippen molar-refractivity contribution in [2.75, 3.05) is 6.54 Å². The molecule has 0 saturated carbocycles. The highest BCUT2D eigenvalue weighted by Crippen LogP contribution is 2.20. The van der Waals surface area contributed by atoms with Crippen molar-refractivity contribution in [3.8, 4) is 0 Å². The number of H-pyrrole nitrogens is 1. The molecule has 0 aromatic carbocycles. The van der Waals surface area contributed by atoms with E-state index in [0.29, 0.717) is 30.8 Å². The van der Waals surface area contributed by atoms with Crippen molar-refractivity contribution in [3.63, 3.8) is 0 Å². The second-order valence-electron chi connectivity index (χ2n) is 5.57. The third-order valence-corrected chi connectivity index (χ3v) is 3.98. The standard InChI is InChI=1S/C15H18N4O3/c1-9-5-13(10(2)16-9)15(21)19-4-3-18-7-11(14(20)17-22)6-12(18)8-19/h5-7,16,22H,3-4,8H2,1-2H3,(H,17,20). The normalized spacial score (nSPS) is 13.9. The summed E-state index contributed by atoms with van der Waals surface area (Å²) in [7, 11) is 0. The molecule has 3 heterocycles. The summed E-state index contributed by atoms with van der Waals surface area (Å²) in [5, 5.41) is 8.69. The molecular weight excluding hydrogens is 284 g/mol. The van der Waals surface area contributed by atoms with E-state index < -0.39 is 5.91 Å². The first kappa shape index (κ1) is 14.4. The summed E-state index contributed by atoms with van der Waals surface area (Å²) in [4.78, 5) is 29.0. The highest BCUT2D eigenvalue weighted by Gasteiger charge is 2.25. The smallest absolute Gasteiger partial charge is 0.276 e. The van der Waals surface area contributed by atoms with Crippen LogP contribution in [0.25, 0.3) is 0 Å². The van der Waals surface area contributed by atoms with E-state index in [9.17, 15) is 9.59 Å². The Bertz CT molecular complexity index is 744. The molecule has 1 aliphatic heterocycles. The van der Waals surface area contributed by atoms with Crippen LogP contribution < -0.4 is 5.48 Å². The second kappa shape index (κ2) is 5.34. The molecule has 116 valence electrons. The molecule has 0 radical (unpaired) electrons. The van der Waals surface area contributed by atoms with Gasteiger partial charge in [0.05, 0.1) is 17.7 Å². The highest BCUT2D eigenvalue weighted by molar-refractivity contribution is 5.96. The van der Waals surface area contributed by atoms with Gasteiger partial charge in [-0.25, -0.2) is 5.48 Å². The average Bonchev–Trinajstić information content (AvgIpc) is 3.07. The number of carbonyl (C=O) groups excluding carboxylic acids is 2. The summed E-state index contributed by atoms with van der Waals surface area (Å²) in [5.74, 6) is -0.556. The average molecular weight is 302 g/mol. The number of hydrogen-bond donors (Lipinski definition) is 3. The minimum Gasteiger partial charge on any atom is -0.362 e. The zero-order valence-corrected chi connectivity index (χ0v) is 12.5. The van der Waals surface area contributed by atoms with Crippen molar-refractivity contribution in [2.45, 2.75) is 26.9 Å². The molecule has 2 amide bonds. The van der Waals surface area contributed by atoms with E-state index in [1.807, 2.05) is 24.5 Å². The molecule has 7 heteroatoms. The molecule has 1 aliphatic rings. The number of hydrogen-bond acceptors (Lipinski definition) is 3. The SMILES string of the molecule is Cc1cc(C(=O)N2CCn3cc(C(=O)NO)cc3C2)c(C)[nH]1. The predicted molar refractivity (Wildman–Crippen MR) is 78.7 cm³/mol. The molecule has 0 atom stereocenters. The lowest BCUT2D eigenvalue weighted by atomic mass is 10.2. The van der Waals surface area contributed by atoms with Gasteiger partial charge in [-0.15, -0.1) is 0 Å². The van der Waals surface area contributed by atoms with Gasteiger partial charge in [0.15, 0.2) is 0 Å². The minimum absolute atomic E-state index is 0.0116. The molecule has 0 bridgehead atoms. The first-order valence-corrected chi connectivity index (χ1v) is 7.08. The summed E-state index contributed by atoms with van der Waals surface area (Å²) < 4.78 is 1.93. The van der Waals surface area contributed by atoms with Crippen molar-refractivity contribution in [2.24, 2.45) is 0 Å². The van der Waals surface area contributed by atoms with E-state index in [1.54, 1.807) is 22.6 Å². The lowest BCUT2D eigenvalue weighted by Crippen LogP contribution is -2.38. The third kappa shape index (κ3) is 2.39. The van der Waals surface area contributed by atoms with Crippen LogP contribution in [-0.4, -0.2) is 38.0 Å². The van der Waals surface area contributed by atoms with E-state index >= 15 is 0 Å². The Hall–Kier alpha value is -2.54. The minimum atomic E-state index is -0.545. The van der Waals surface area contributed by atoms with Crippen LogP contribution in [0.5, 0.6) is 0 Å². The third-order valence-electron chi connectivity index (χ3n) is 3.98. The van der Waals surface area contributed by atoms with Gasteiger partial charge in [0.1, 0.15) is 0 Å². The molecular formula is C15H18N4O3. The van der Waals surface area contributed by atoms with E-state index in [-0.39, 0.29) is 5.91 Å². The van der Waals surface area contributed by atoms with Gasteiger partial charge in [0, 0.05) is 36.4 Å². The predicted octanol–water partition coefficient (Wildman–Crippen LogP) is 1.21. The van der Waals surface area contributed by atoms with Gasteiger partial charge in [-0.05, 0) is 26.0 Å². The number of aromatic nitrogens is 2. The Morgan fingerprint density at radius 1 is 1.27 bits per heavy atom. The van der Waals surface area contributed by atoms with Gasteiger partial charge in [0.2, 0.25) is 0 Å². The summed E-state index contributed by atoms with van der Waals surface area (Å²) in [5.41, 5.74) is 5.40. The van der Waals surface area contributed by atoms with Crippen LogP contribution in [0.15, 0.2) is 18.3 Å². The Morgan fingerprint density at radius 3 is 2.68 bits per heavy atom. The van der Waals surface area contributed by atoms with Crippen molar-refractivity contribution < 1.29 is 14.8 Å². The quantitative estimate of drug-likeness (QED) is 0.575. The maximum atomic E-state index is 12.6. The van der Waals surface area contributed by atoms with Gasteiger partial charge in [-0.2, -0.15) is 0 Å². The van der Waals surface area contributed by atoms with Gasteiger partial charge in [-0.1, -0.05) is 0 Å². The number of nitrogens with one attached hydrogen (secondary N) is 2. The van der Waals surface area contributed by atoms with E-state index in [2.05, 4.69) is 4.98 Å². The van der Waals surface area contributed by atoms with Crippen molar-refractivity contribution in [1.82, 2.24) is 19.9 Å². The second-order valence-corrected chi connectivity index (χ2v) is 5.57. The zero-order valence-electron chi connectivity index (χ0n) is 12.5. The van der Waals surface area contributed by atoms with Crippen LogP contribution in [-0.2, 0) is 13.1 Å². The zero-order chi connectivity index (χ0) is 15.9. The summed E-state index contributed by atoms with van der Waals surface area (Å²) in [6.45, 7) is 5.47. The van der Waals surface area contributed by atoms with Crippen molar-refractivity contribution >= 4 is 11.8 Å².